The second kappa shape index (κ2) is 4.72. The fourth-order valence-electron chi connectivity index (χ4n) is 1.25. The average molecular weight is 195 g/mol. The van der Waals surface area contributed by atoms with Gasteiger partial charge < -0.3 is 5.32 Å². The Morgan fingerprint density at radius 2 is 2.43 bits per heavy atom. The second-order valence-corrected chi connectivity index (χ2v) is 3.44. The molecule has 0 aliphatic carbocycles. The summed E-state index contributed by atoms with van der Waals surface area (Å²) in [6.07, 6.45) is 0.882. The summed E-state index contributed by atoms with van der Waals surface area (Å²) in [6, 6.07) is 1.74. The number of hydrogen-bond donors (Lipinski definition) is 2. The highest BCUT2D eigenvalue weighted by Crippen LogP contribution is 2.04. The molecule has 0 spiro atoms. The number of piperidine rings is 1. The van der Waals surface area contributed by atoms with Gasteiger partial charge in [-0.25, -0.2) is 0 Å². The van der Waals surface area contributed by atoms with E-state index in [1.54, 1.807) is 6.92 Å². The van der Waals surface area contributed by atoms with Gasteiger partial charge in [0.25, 0.3) is 0 Å². The second-order valence-electron chi connectivity index (χ2n) is 3.44. The molecule has 0 aromatic rings. The Balaban J connectivity index is 2.35. The van der Waals surface area contributed by atoms with Crippen LogP contribution in [-0.4, -0.2) is 24.4 Å². The van der Waals surface area contributed by atoms with Gasteiger partial charge in [-0.05, 0) is 13.3 Å². The maximum absolute atomic E-state index is 11.2. The van der Waals surface area contributed by atoms with Gasteiger partial charge in [0.05, 0.1) is 18.0 Å². The van der Waals surface area contributed by atoms with Crippen LogP contribution in [0, 0.1) is 17.2 Å². The molecule has 0 aromatic heterocycles. The quantitative estimate of drug-likeness (QED) is 0.597. The molecule has 2 amide bonds. The number of carbonyl (C=O) groups excluding carboxylic acids is 2. The van der Waals surface area contributed by atoms with Gasteiger partial charge in [0.15, 0.2) is 0 Å². The van der Waals surface area contributed by atoms with Gasteiger partial charge >= 0.3 is 0 Å². The third-order valence-electron chi connectivity index (χ3n) is 2.13. The van der Waals surface area contributed by atoms with E-state index in [0.717, 1.165) is 0 Å². The van der Waals surface area contributed by atoms with Gasteiger partial charge in [-0.1, -0.05) is 0 Å². The summed E-state index contributed by atoms with van der Waals surface area (Å²) in [5, 5.41) is 13.7. The van der Waals surface area contributed by atoms with Crippen molar-refractivity contribution in [2.45, 2.75) is 25.8 Å². The van der Waals surface area contributed by atoms with Crippen molar-refractivity contribution in [2.24, 2.45) is 5.92 Å². The fourth-order valence-corrected chi connectivity index (χ4v) is 1.25. The molecule has 2 unspecified atom stereocenters. The van der Waals surface area contributed by atoms with E-state index in [1.807, 2.05) is 0 Å². The summed E-state index contributed by atoms with van der Waals surface area (Å²) in [6.45, 7) is 2.25. The summed E-state index contributed by atoms with van der Waals surface area (Å²) < 4.78 is 0. The zero-order valence-electron chi connectivity index (χ0n) is 8.04. The minimum atomic E-state index is -0.330. The van der Waals surface area contributed by atoms with E-state index in [0.29, 0.717) is 19.4 Å². The van der Waals surface area contributed by atoms with Crippen LogP contribution in [-0.2, 0) is 9.59 Å². The van der Waals surface area contributed by atoms with E-state index in [1.165, 1.54) is 0 Å². The summed E-state index contributed by atoms with van der Waals surface area (Å²) in [7, 11) is 0. The van der Waals surface area contributed by atoms with Crippen LogP contribution in [0.15, 0.2) is 0 Å². The average Bonchev–Trinajstić information content (AvgIpc) is 2.16. The SMILES string of the molecule is CC(C#N)CNC1CCC(=O)NC1=O. The molecule has 1 saturated heterocycles. The number of hydrogen-bond acceptors (Lipinski definition) is 4. The lowest BCUT2D eigenvalue weighted by Gasteiger charge is -2.22. The van der Waals surface area contributed by atoms with Crippen molar-refractivity contribution < 1.29 is 9.59 Å². The smallest absolute Gasteiger partial charge is 0.243 e. The molecule has 0 aromatic carbocycles. The third-order valence-corrected chi connectivity index (χ3v) is 2.13. The molecule has 1 aliphatic rings. The van der Waals surface area contributed by atoms with Crippen molar-refractivity contribution in [1.82, 2.24) is 10.6 Å². The van der Waals surface area contributed by atoms with E-state index in [2.05, 4.69) is 16.7 Å². The first-order valence-corrected chi connectivity index (χ1v) is 4.60. The van der Waals surface area contributed by atoms with Crippen molar-refractivity contribution in [3.63, 3.8) is 0 Å². The van der Waals surface area contributed by atoms with E-state index in [-0.39, 0.29) is 23.8 Å². The largest absolute Gasteiger partial charge is 0.305 e. The summed E-state index contributed by atoms with van der Waals surface area (Å²) >= 11 is 0. The van der Waals surface area contributed by atoms with Gasteiger partial charge in [-0.3, -0.25) is 14.9 Å². The number of nitrogens with zero attached hydrogens (tertiary/aromatic N) is 1. The number of carbonyl (C=O) groups is 2. The van der Waals surface area contributed by atoms with Crippen LogP contribution < -0.4 is 10.6 Å². The maximum Gasteiger partial charge on any atom is 0.243 e. The maximum atomic E-state index is 11.2. The highest BCUT2D eigenvalue weighted by atomic mass is 16.2. The molecule has 0 saturated carbocycles. The van der Waals surface area contributed by atoms with Crippen LogP contribution >= 0.6 is 0 Å². The number of nitrogens with one attached hydrogen (secondary N) is 2. The Hall–Kier alpha value is -1.41. The molecule has 1 aliphatic heterocycles. The van der Waals surface area contributed by atoms with Gasteiger partial charge in [0.2, 0.25) is 11.8 Å². The Labute approximate surface area is 82.5 Å². The van der Waals surface area contributed by atoms with Crippen LogP contribution in [0.25, 0.3) is 0 Å². The molecule has 2 N–H and O–H groups in total. The van der Waals surface area contributed by atoms with Crippen LogP contribution in [0.4, 0.5) is 0 Å². The fraction of sp³-hybridized carbons (Fsp3) is 0.667. The lowest BCUT2D eigenvalue weighted by molar-refractivity contribution is -0.134. The molecule has 1 rings (SSSR count). The zero-order chi connectivity index (χ0) is 10.6. The lowest BCUT2D eigenvalue weighted by Crippen LogP contribution is -2.51. The van der Waals surface area contributed by atoms with E-state index >= 15 is 0 Å². The minimum absolute atomic E-state index is 0.125. The topological polar surface area (TPSA) is 82.0 Å². The summed E-state index contributed by atoms with van der Waals surface area (Å²) in [5.41, 5.74) is 0. The van der Waals surface area contributed by atoms with E-state index < -0.39 is 0 Å². The van der Waals surface area contributed by atoms with Crippen molar-refractivity contribution in [3.05, 3.63) is 0 Å². The van der Waals surface area contributed by atoms with Crippen molar-refractivity contribution >= 4 is 11.8 Å². The first kappa shape index (κ1) is 10.7. The highest BCUT2D eigenvalue weighted by Gasteiger charge is 2.25. The Bertz CT molecular complexity index is 282. The van der Waals surface area contributed by atoms with Crippen LogP contribution in [0.1, 0.15) is 19.8 Å². The first-order valence-electron chi connectivity index (χ1n) is 4.60. The van der Waals surface area contributed by atoms with E-state index in [9.17, 15) is 9.59 Å². The monoisotopic (exact) mass is 195 g/mol. The molecule has 5 nitrogen and oxygen atoms in total. The summed E-state index contributed by atoms with van der Waals surface area (Å²) in [4.78, 5) is 22.0. The molecule has 5 heteroatoms. The van der Waals surface area contributed by atoms with Crippen LogP contribution in [0.5, 0.6) is 0 Å². The van der Waals surface area contributed by atoms with Crippen LogP contribution in [0.2, 0.25) is 0 Å². The molecular formula is C9H13N3O2. The van der Waals surface area contributed by atoms with Crippen LogP contribution in [0.3, 0.4) is 0 Å². The molecule has 0 radical (unpaired) electrons. The molecule has 1 fully saturated rings. The Morgan fingerprint density at radius 1 is 1.71 bits per heavy atom. The standard InChI is InChI=1S/C9H13N3O2/c1-6(4-10)5-11-7-2-3-8(13)12-9(7)14/h6-7,11H,2-3,5H2,1H3,(H,12,13,14). The van der Waals surface area contributed by atoms with Gasteiger partial charge in [-0.2, -0.15) is 5.26 Å². The predicted octanol–water partition coefficient (Wildman–Crippen LogP) is -0.459. The first-order chi connectivity index (χ1) is 6.63. The Morgan fingerprint density at radius 3 is 3.00 bits per heavy atom. The molecule has 0 bridgehead atoms. The molecule has 2 atom stereocenters. The highest BCUT2D eigenvalue weighted by molar-refractivity contribution is 6.00. The normalized spacial score (nSPS) is 23.9. The van der Waals surface area contributed by atoms with E-state index in [4.69, 9.17) is 5.26 Å². The van der Waals surface area contributed by atoms with Crippen molar-refractivity contribution in [2.75, 3.05) is 6.54 Å². The predicted molar refractivity (Wildman–Crippen MR) is 49.0 cm³/mol. The Kier molecular flexibility index (Phi) is 3.60. The molecule has 1 heterocycles. The lowest BCUT2D eigenvalue weighted by atomic mass is 10.1. The number of rotatable bonds is 3. The number of nitriles is 1. The number of amides is 2. The van der Waals surface area contributed by atoms with Gasteiger partial charge in [0.1, 0.15) is 0 Å². The molecule has 76 valence electrons. The minimum Gasteiger partial charge on any atom is -0.305 e. The summed E-state index contributed by atoms with van der Waals surface area (Å²) in [5.74, 6) is -0.631. The third kappa shape index (κ3) is 2.82. The van der Waals surface area contributed by atoms with Crippen molar-refractivity contribution in [1.29, 1.82) is 5.26 Å². The zero-order valence-corrected chi connectivity index (χ0v) is 8.04. The number of imide groups is 1. The molecule has 14 heavy (non-hydrogen) atoms. The molecular weight excluding hydrogens is 182 g/mol. The van der Waals surface area contributed by atoms with Crippen molar-refractivity contribution in [3.8, 4) is 6.07 Å². The van der Waals surface area contributed by atoms with Gasteiger partial charge in [0, 0.05) is 13.0 Å². The van der Waals surface area contributed by atoms with Gasteiger partial charge in [-0.15, -0.1) is 0 Å².